The number of hydrogen-bond donors (Lipinski definition) is 0. The van der Waals surface area contributed by atoms with E-state index in [2.05, 4.69) is 49.1 Å². The minimum absolute atomic E-state index is 0.171. The van der Waals surface area contributed by atoms with Crippen molar-refractivity contribution in [2.24, 2.45) is 5.92 Å². The Morgan fingerprint density at radius 3 is 2.85 bits per heavy atom. The first kappa shape index (κ1) is 14.8. The molecule has 20 heavy (non-hydrogen) atoms. The molecule has 0 bridgehead atoms. The van der Waals surface area contributed by atoms with Crippen molar-refractivity contribution in [3.05, 3.63) is 41.5 Å². The topological polar surface area (TPSA) is 18.5 Å². The van der Waals surface area contributed by atoms with Crippen LogP contribution < -0.4 is 0 Å². The van der Waals surface area contributed by atoms with Gasteiger partial charge in [-0.2, -0.15) is 0 Å². The van der Waals surface area contributed by atoms with E-state index in [9.17, 15) is 0 Å². The molecule has 0 aromatic heterocycles. The summed E-state index contributed by atoms with van der Waals surface area (Å²) in [7, 11) is 1.79. The number of rotatable bonds is 5. The Morgan fingerprint density at radius 2 is 2.10 bits per heavy atom. The van der Waals surface area contributed by atoms with Crippen LogP contribution in [-0.2, 0) is 9.47 Å². The molecule has 2 rings (SSSR count). The van der Waals surface area contributed by atoms with Gasteiger partial charge in [0.05, 0.1) is 12.7 Å². The van der Waals surface area contributed by atoms with Gasteiger partial charge in [-0.05, 0) is 30.0 Å². The van der Waals surface area contributed by atoms with Crippen LogP contribution in [0.2, 0.25) is 0 Å². The molecule has 0 N–H and O–H groups in total. The van der Waals surface area contributed by atoms with Crippen molar-refractivity contribution in [2.45, 2.75) is 26.4 Å². The van der Waals surface area contributed by atoms with Crippen molar-refractivity contribution >= 4 is 5.57 Å². The molecule has 2 heteroatoms. The lowest BCUT2D eigenvalue weighted by molar-refractivity contribution is 0.0831. The van der Waals surface area contributed by atoms with E-state index in [0.717, 1.165) is 6.42 Å². The lowest BCUT2D eigenvalue weighted by atomic mass is 9.99. The summed E-state index contributed by atoms with van der Waals surface area (Å²) < 4.78 is 11.1. The Morgan fingerprint density at radius 1 is 1.30 bits per heavy atom. The molecule has 1 aliphatic carbocycles. The third-order valence-corrected chi connectivity index (χ3v) is 3.75. The zero-order chi connectivity index (χ0) is 14.4. The minimum Gasteiger partial charge on any atom is -0.376 e. The van der Waals surface area contributed by atoms with Crippen LogP contribution in [0.3, 0.4) is 0 Å². The summed E-state index contributed by atoms with van der Waals surface area (Å²) in [6, 6.07) is 8.51. The van der Waals surface area contributed by atoms with E-state index in [1.54, 1.807) is 7.11 Å². The smallest absolute Gasteiger partial charge is 0.107 e. The molecule has 0 fully saturated rings. The molecule has 0 saturated heterocycles. The summed E-state index contributed by atoms with van der Waals surface area (Å²) in [5.74, 6) is 6.13. The fourth-order valence-electron chi connectivity index (χ4n) is 2.81. The average molecular weight is 270 g/mol. The lowest BCUT2D eigenvalue weighted by Crippen LogP contribution is -2.05. The summed E-state index contributed by atoms with van der Waals surface area (Å²) in [6.45, 7) is 5.29. The Kier molecular flexibility index (Phi) is 5.40. The maximum absolute atomic E-state index is 5.65. The summed E-state index contributed by atoms with van der Waals surface area (Å²) in [5.41, 5.74) is 3.99. The van der Waals surface area contributed by atoms with Crippen molar-refractivity contribution in [3.8, 4) is 11.8 Å². The highest BCUT2D eigenvalue weighted by Crippen LogP contribution is 2.45. The van der Waals surface area contributed by atoms with E-state index in [0.29, 0.717) is 19.1 Å². The zero-order valence-electron chi connectivity index (χ0n) is 12.5. The van der Waals surface area contributed by atoms with Gasteiger partial charge in [-0.1, -0.05) is 43.2 Å². The number of fused-ring (bicyclic) bond motifs is 1. The predicted octanol–water partition coefficient (Wildman–Crippen LogP) is 3.84. The van der Waals surface area contributed by atoms with E-state index in [-0.39, 0.29) is 6.10 Å². The molecular weight excluding hydrogens is 248 g/mol. The number of hydrogen-bond acceptors (Lipinski definition) is 2. The summed E-state index contributed by atoms with van der Waals surface area (Å²) in [4.78, 5) is 0. The summed E-state index contributed by atoms with van der Waals surface area (Å²) in [5, 5.41) is 0. The van der Waals surface area contributed by atoms with Crippen LogP contribution in [0.15, 0.2) is 30.3 Å². The standard InChI is InChI=1S/C18H22O2/c1-4-5-12-20-13-8-11-15-14(2)18(19-3)17-10-7-6-9-16(15)17/h6-7,9-11,14,18H,8,12-13H2,1-3H3/t14-,18+/m1/s1. The highest BCUT2D eigenvalue weighted by Gasteiger charge is 2.32. The van der Waals surface area contributed by atoms with E-state index in [1.807, 2.05) is 6.92 Å². The van der Waals surface area contributed by atoms with Crippen LogP contribution in [-0.4, -0.2) is 20.3 Å². The summed E-state index contributed by atoms with van der Waals surface area (Å²) in [6.07, 6.45) is 3.36. The first-order valence-corrected chi connectivity index (χ1v) is 7.09. The predicted molar refractivity (Wildman–Crippen MR) is 82.2 cm³/mol. The molecule has 0 unspecified atom stereocenters. The van der Waals surface area contributed by atoms with Crippen LogP contribution in [0, 0.1) is 17.8 Å². The van der Waals surface area contributed by atoms with Crippen LogP contribution in [0.5, 0.6) is 0 Å². The maximum Gasteiger partial charge on any atom is 0.107 e. The Balaban J connectivity index is 2.05. The van der Waals surface area contributed by atoms with Gasteiger partial charge in [-0.3, -0.25) is 0 Å². The Bertz CT molecular complexity index is 534. The molecule has 0 amide bonds. The number of benzene rings is 1. The number of ether oxygens (including phenoxy) is 2. The van der Waals surface area contributed by atoms with E-state index < -0.39 is 0 Å². The molecular formula is C18H22O2. The zero-order valence-corrected chi connectivity index (χ0v) is 12.5. The third kappa shape index (κ3) is 3.12. The van der Waals surface area contributed by atoms with E-state index in [1.165, 1.54) is 16.7 Å². The van der Waals surface area contributed by atoms with Crippen molar-refractivity contribution in [2.75, 3.05) is 20.3 Å². The second-order valence-electron chi connectivity index (χ2n) is 4.96. The Labute approximate surface area is 121 Å². The van der Waals surface area contributed by atoms with Gasteiger partial charge in [-0.15, -0.1) is 5.92 Å². The second kappa shape index (κ2) is 7.28. The van der Waals surface area contributed by atoms with Gasteiger partial charge in [-0.25, -0.2) is 0 Å². The molecule has 0 saturated carbocycles. The van der Waals surface area contributed by atoms with Gasteiger partial charge < -0.3 is 9.47 Å². The van der Waals surface area contributed by atoms with Crippen LogP contribution >= 0.6 is 0 Å². The van der Waals surface area contributed by atoms with Gasteiger partial charge in [0.15, 0.2) is 0 Å². The van der Waals surface area contributed by atoms with Gasteiger partial charge >= 0.3 is 0 Å². The first-order chi connectivity index (χ1) is 9.79. The van der Waals surface area contributed by atoms with Crippen molar-refractivity contribution < 1.29 is 9.47 Å². The Hall–Kier alpha value is -1.56. The molecule has 0 heterocycles. The molecule has 1 aromatic carbocycles. The number of methoxy groups -OCH3 is 1. The van der Waals surface area contributed by atoms with Crippen LogP contribution in [0.1, 0.15) is 37.5 Å². The summed E-state index contributed by atoms with van der Waals surface area (Å²) >= 11 is 0. The van der Waals surface area contributed by atoms with Gasteiger partial charge in [0.1, 0.15) is 6.61 Å². The van der Waals surface area contributed by atoms with Crippen molar-refractivity contribution in [3.63, 3.8) is 0 Å². The highest BCUT2D eigenvalue weighted by atomic mass is 16.5. The van der Waals surface area contributed by atoms with E-state index in [4.69, 9.17) is 9.47 Å². The molecule has 0 radical (unpaired) electrons. The van der Waals surface area contributed by atoms with Crippen LogP contribution in [0.4, 0.5) is 0 Å². The largest absolute Gasteiger partial charge is 0.376 e. The SMILES string of the molecule is CC#CCOCCC=C1c2ccccc2[C@@H](OC)[C@@H]1C. The van der Waals surface area contributed by atoms with Gasteiger partial charge in [0.2, 0.25) is 0 Å². The normalized spacial score (nSPS) is 22.4. The maximum atomic E-state index is 5.65. The first-order valence-electron chi connectivity index (χ1n) is 7.09. The van der Waals surface area contributed by atoms with Crippen molar-refractivity contribution in [1.82, 2.24) is 0 Å². The van der Waals surface area contributed by atoms with Gasteiger partial charge in [0, 0.05) is 13.0 Å². The van der Waals surface area contributed by atoms with Crippen molar-refractivity contribution in [1.29, 1.82) is 0 Å². The average Bonchev–Trinajstić information content (AvgIpc) is 2.74. The molecule has 2 atom stereocenters. The fraction of sp³-hybridized carbons (Fsp3) is 0.444. The molecule has 106 valence electrons. The molecule has 0 aliphatic heterocycles. The fourth-order valence-corrected chi connectivity index (χ4v) is 2.81. The third-order valence-electron chi connectivity index (χ3n) is 3.75. The molecule has 2 nitrogen and oxygen atoms in total. The molecule has 1 aromatic rings. The molecule has 0 spiro atoms. The lowest BCUT2D eigenvalue weighted by Gasteiger charge is -2.15. The monoisotopic (exact) mass is 270 g/mol. The molecule has 1 aliphatic rings. The van der Waals surface area contributed by atoms with E-state index >= 15 is 0 Å². The second-order valence-corrected chi connectivity index (χ2v) is 4.96. The van der Waals surface area contributed by atoms with Crippen LogP contribution in [0.25, 0.3) is 5.57 Å². The van der Waals surface area contributed by atoms with Gasteiger partial charge in [0.25, 0.3) is 0 Å². The quantitative estimate of drug-likeness (QED) is 0.598. The highest BCUT2D eigenvalue weighted by molar-refractivity contribution is 5.75. The minimum atomic E-state index is 0.171.